The fourth-order valence-corrected chi connectivity index (χ4v) is 4.39. The summed E-state index contributed by atoms with van der Waals surface area (Å²) < 4.78 is 0. The van der Waals surface area contributed by atoms with E-state index in [1.165, 1.54) is 11.8 Å². The van der Waals surface area contributed by atoms with Gasteiger partial charge in [0.15, 0.2) is 0 Å². The predicted octanol–water partition coefficient (Wildman–Crippen LogP) is 3.97. The zero-order valence-corrected chi connectivity index (χ0v) is 18.1. The summed E-state index contributed by atoms with van der Waals surface area (Å²) >= 11 is 0. The van der Waals surface area contributed by atoms with Gasteiger partial charge in [-0.3, -0.25) is 14.4 Å². The molecule has 160 valence electrons. The summed E-state index contributed by atoms with van der Waals surface area (Å²) in [6.45, 7) is 7.08. The maximum Gasteiger partial charge on any atom is 0.282 e. The van der Waals surface area contributed by atoms with Crippen LogP contribution in [0.25, 0.3) is 5.57 Å². The number of hydrogen-bond acceptors (Lipinski definition) is 4. The van der Waals surface area contributed by atoms with Crippen molar-refractivity contribution in [3.63, 3.8) is 0 Å². The Morgan fingerprint density at radius 1 is 1.06 bits per heavy atom. The molecule has 2 aliphatic rings. The van der Waals surface area contributed by atoms with Crippen LogP contribution in [0.5, 0.6) is 0 Å². The number of likely N-dealkylation sites (tertiary alicyclic amines) is 1. The van der Waals surface area contributed by atoms with Gasteiger partial charge in [-0.05, 0) is 61.1 Å². The maximum atomic E-state index is 13.6. The molecule has 0 saturated carbocycles. The van der Waals surface area contributed by atoms with Gasteiger partial charge in [-0.15, -0.1) is 0 Å². The van der Waals surface area contributed by atoms with Crippen molar-refractivity contribution in [2.45, 2.75) is 33.6 Å². The number of anilines is 2. The van der Waals surface area contributed by atoms with Gasteiger partial charge in [0.2, 0.25) is 5.91 Å². The molecule has 2 aliphatic heterocycles. The monoisotopic (exact) mass is 417 g/mol. The minimum absolute atomic E-state index is 0.160. The van der Waals surface area contributed by atoms with E-state index < -0.39 is 0 Å². The van der Waals surface area contributed by atoms with Crippen molar-refractivity contribution in [2.75, 3.05) is 23.3 Å². The molecule has 3 amide bonds. The first-order valence-corrected chi connectivity index (χ1v) is 10.7. The van der Waals surface area contributed by atoms with Crippen LogP contribution in [0.15, 0.2) is 54.2 Å². The van der Waals surface area contributed by atoms with Crippen LogP contribution >= 0.6 is 0 Å². The zero-order chi connectivity index (χ0) is 22.1. The molecular weight excluding hydrogens is 390 g/mol. The lowest BCUT2D eigenvalue weighted by Gasteiger charge is -2.33. The van der Waals surface area contributed by atoms with E-state index in [2.05, 4.69) is 17.1 Å². The first-order chi connectivity index (χ1) is 14.8. The van der Waals surface area contributed by atoms with Crippen LogP contribution in [-0.4, -0.2) is 35.7 Å². The molecule has 6 nitrogen and oxygen atoms in total. The highest BCUT2D eigenvalue weighted by atomic mass is 16.2. The van der Waals surface area contributed by atoms with Gasteiger partial charge in [-0.2, -0.15) is 0 Å². The molecule has 1 saturated heterocycles. The Bertz CT molecular complexity index is 1070. The van der Waals surface area contributed by atoms with Gasteiger partial charge in [-0.1, -0.05) is 31.2 Å². The number of hydrogen-bond donors (Lipinski definition) is 1. The molecule has 0 aliphatic carbocycles. The molecule has 2 heterocycles. The van der Waals surface area contributed by atoms with E-state index in [0.717, 1.165) is 31.5 Å². The maximum absolute atomic E-state index is 13.6. The molecule has 2 aromatic rings. The fourth-order valence-electron chi connectivity index (χ4n) is 4.39. The van der Waals surface area contributed by atoms with E-state index in [0.29, 0.717) is 34.1 Å². The average molecular weight is 418 g/mol. The Morgan fingerprint density at radius 2 is 1.81 bits per heavy atom. The van der Waals surface area contributed by atoms with Crippen LogP contribution in [0, 0.1) is 12.8 Å². The molecule has 0 bridgehead atoms. The van der Waals surface area contributed by atoms with E-state index in [1.54, 1.807) is 30.3 Å². The summed E-state index contributed by atoms with van der Waals surface area (Å²) in [4.78, 5) is 41.8. The van der Waals surface area contributed by atoms with Gasteiger partial charge in [0.05, 0.1) is 11.3 Å². The Morgan fingerprint density at radius 3 is 2.45 bits per heavy atom. The van der Waals surface area contributed by atoms with Crippen LogP contribution in [-0.2, 0) is 14.4 Å². The van der Waals surface area contributed by atoms with Crippen molar-refractivity contribution < 1.29 is 14.4 Å². The summed E-state index contributed by atoms with van der Waals surface area (Å²) in [7, 11) is 0. The Balaban J connectivity index is 1.79. The smallest absolute Gasteiger partial charge is 0.282 e. The Kier molecular flexibility index (Phi) is 5.63. The van der Waals surface area contributed by atoms with Crippen molar-refractivity contribution in [3.05, 3.63) is 65.4 Å². The first-order valence-electron chi connectivity index (χ1n) is 10.7. The number of carbonyl (C=O) groups excluding carboxylic acids is 3. The van der Waals surface area contributed by atoms with Gasteiger partial charge in [0.1, 0.15) is 5.70 Å². The molecule has 0 spiro atoms. The van der Waals surface area contributed by atoms with Crippen LogP contribution in [0.1, 0.15) is 37.8 Å². The van der Waals surface area contributed by atoms with Gasteiger partial charge in [-0.25, -0.2) is 4.90 Å². The number of benzene rings is 2. The third kappa shape index (κ3) is 4.10. The third-order valence-corrected chi connectivity index (χ3v) is 5.79. The zero-order valence-electron chi connectivity index (χ0n) is 18.1. The van der Waals surface area contributed by atoms with E-state index in [4.69, 9.17) is 0 Å². The molecular formula is C25H27N3O3. The van der Waals surface area contributed by atoms with E-state index in [9.17, 15) is 14.4 Å². The summed E-state index contributed by atoms with van der Waals surface area (Å²) in [6.07, 6.45) is 2.11. The normalized spacial score (nSPS) is 19.3. The second-order valence-corrected chi connectivity index (χ2v) is 8.46. The predicted molar refractivity (Wildman–Crippen MR) is 121 cm³/mol. The van der Waals surface area contributed by atoms with Crippen LogP contribution < -0.4 is 10.2 Å². The minimum atomic E-state index is -0.309. The molecule has 1 N–H and O–H groups in total. The summed E-state index contributed by atoms with van der Waals surface area (Å²) in [5.41, 5.74) is 3.80. The molecule has 2 aromatic carbocycles. The summed E-state index contributed by atoms with van der Waals surface area (Å²) in [6, 6.07) is 14.5. The van der Waals surface area contributed by atoms with Crippen molar-refractivity contribution in [3.8, 4) is 0 Å². The van der Waals surface area contributed by atoms with Crippen molar-refractivity contribution in [1.82, 2.24) is 4.90 Å². The lowest BCUT2D eigenvalue weighted by molar-refractivity contribution is -0.121. The molecule has 31 heavy (non-hydrogen) atoms. The van der Waals surface area contributed by atoms with Crippen molar-refractivity contribution in [2.24, 2.45) is 5.92 Å². The molecule has 0 radical (unpaired) electrons. The largest absolute Gasteiger partial charge is 0.366 e. The number of aryl methyl sites for hydroxylation is 1. The summed E-state index contributed by atoms with van der Waals surface area (Å²) in [5.74, 6) is -0.282. The van der Waals surface area contributed by atoms with Crippen LogP contribution in [0.3, 0.4) is 0 Å². The van der Waals surface area contributed by atoms with Crippen LogP contribution in [0.2, 0.25) is 0 Å². The number of nitrogens with one attached hydrogen (secondary N) is 1. The number of piperidine rings is 1. The average Bonchev–Trinajstić information content (AvgIpc) is 2.98. The van der Waals surface area contributed by atoms with Gasteiger partial charge < -0.3 is 10.2 Å². The molecule has 6 heteroatoms. The highest BCUT2D eigenvalue weighted by Gasteiger charge is 2.43. The SMILES string of the molecule is CC(=O)Nc1ccc(C2=C(N3CCCC(C)C3)C(=O)N(c3cccc(C)c3)C2=O)cc1. The van der Waals surface area contributed by atoms with E-state index in [-0.39, 0.29) is 17.7 Å². The van der Waals surface area contributed by atoms with Gasteiger partial charge in [0, 0.05) is 25.7 Å². The third-order valence-electron chi connectivity index (χ3n) is 5.79. The number of carbonyl (C=O) groups is 3. The molecule has 1 atom stereocenters. The molecule has 4 rings (SSSR count). The number of amides is 3. The van der Waals surface area contributed by atoms with Gasteiger partial charge >= 0.3 is 0 Å². The highest BCUT2D eigenvalue weighted by molar-refractivity contribution is 6.45. The highest BCUT2D eigenvalue weighted by Crippen LogP contribution is 2.37. The first kappa shape index (κ1) is 20.8. The van der Waals surface area contributed by atoms with Crippen molar-refractivity contribution >= 4 is 34.7 Å². The van der Waals surface area contributed by atoms with Gasteiger partial charge in [0.25, 0.3) is 11.8 Å². The minimum Gasteiger partial charge on any atom is -0.366 e. The van der Waals surface area contributed by atoms with Crippen molar-refractivity contribution in [1.29, 1.82) is 0 Å². The topological polar surface area (TPSA) is 69.7 Å². The Labute approximate surface area is 182 Å². The lowest BCUT2D eigenvalue weighted by Crippen LogP contribution is -2.39. The number of rotatable bonds is 4. The molecule has 0 aromatic heterocycles. The number of imide groups is 1. The summed E-state index contributed by atoms with van der Waals surface area (Å²) in [5, 5.41) is 2.74. The Hall–Kier alpha value is -3.41. The van der Waals surface area contributed by atoms with Crippen LogP contribution in [0.4, 0.5) is 11.4 Å². The van der Waals surface area contributed by atoms with E-state index in [1.807, 2.05) is 25.1 Å². The lowest BCUT2D eigenvalue weighted by atomic mass is 9.97. The second-order valence-electron chi connectivity index (χ2n) is 8.46. The standard InChI is InChI=1S/C25H27N3O3/c1-16-6-4-8-21(14-16)28-24(30)22(19-9-11-20(12-10-19)26-18(3)29)23(25(28)31)27-13-5-7-17(2)15-27/h4,6,8-12,14,17H,5,7,13,15H2,1-3H3,(H,26,29). The van der Waals surface area contributed by atoms with E-state index >= 15 is 0 Å². The fraction of sp³-hybridized carbons (Fsp3) is 0.320. The molecule has 1 fully saturated rings. The quantitative estimate of drug-likeness (QED) is 0.765. The number of nitrogens with zero attached hydrogens (tertiary/aromatic N) is 2. The second kappa shape index (κ2) is 8.38. The molecule has 1 unspecified atom stereocenters.